The molecule has 1 aromatic carbocycles. The molecule has 0 saturated heterocycles. The van der Waals surface area contributed by atoms with Crippen LogP contribution in [0.5, 0.6) is 0 Å². The molecule has 92 valence electrons. The van der Waals surface area contributed by atoms with E-state index < -0.39 is 0 Å². The molecule has 0 saturated carbocycles. The zero-order chi connectivity index (χ0) is 12.3. The van der Waals surface area contributed by atoms with Crippen LogP contribution in [0.1, 0.15) is 45.6 Å². The summed E-state index contributed by atoms with van der Waals surface area (Å²) in [4.78, 5) is 3.37. The van der Waals surface area contributed by atoms with Gasteiger partial charge in [-0.3, -0.25) is 0 Å². The third kappa shape index (κ3) is 2.91. The van der Waals surface area contributed by atoms with Crippen LogP contribution in [0.25, 0.3) is 10.9 Å². The summed E-state index contributed by atoms with van der Waals surface area (Å²) in [5, 5.41) is 1.39. The number of aromatic nitrogens is 1. The molecule has 0 aliphatic carbocycles. The number of hydrogen-bond acceptors (Lipinski definition) is 0. The molecule has 2 aromatic rings. The highest BCUT2D eigenvalue weighted by Crippen LogP contribution is 2.31. The lowest BCUT2D eigenvalue weighted by Crippen LogP contribution is -2.14. The number of H-pyrrole nitrogens is 1. The van der Waals surface area contributed by atoms with Crippen LogP contribution in [-0.4, -0.2) is 4.98 Å². The summed E-state index contributed by atoms with van der Waals surface area (Å²) in [5.74, 6) is 0. The van der Waals surface area contributed by atoms with E-state index in [9.17, 15) is 0 Å². The second-order valence-electron chi connectivity index (χ2n) is 5.80. The molecule has 1 N–H and O–H groups in total. The maximum atomic E-state index is 3.37. The molecule has 0 aliphatic rings. The van der Waals surface area contributed by atoms with Gasteiger partial charge in [0.25, 0.3) is 0 Å². The lowest BCUT2D eigenvalue weighted by atomic mass is 9.81. The Balaban J connectivity index is 2.18. The molecule has 1 heterocycles. The van der Waals surface area contributed by atoms with Gasteiger partial charge in [0, 0.05) is 17.1 Å². The molecule has 0 radical (unpaired) electrons. The molecule has 0 amide bonds. The summed E-state index contributed by atoms with van der Waals surface area (Å²) < 4.78 is 0. The number of aromatic amines is 1. The zero-order valence-corrected chi connectivity index (χ0v) is 11.2. The first-order valence-electron chi connectivity index (χ1n) is 6.67. The molecule has 1 heteroatoms. The van der Waals surface area contributed by atoms with E-state index in [1.165, 1.54) is 35.7 Å². The number of benzene rings is 1. The second kappa shape index (κ2) is 4.95. The predicted octanol–water partition coefficient (Wildman–Crippen LogP) is 4.93. The van der Waals surface area contributed by atoms with Crippen molar-refractivity contribution in [2.45, 2.75) is 46.5 Å². The van der Waals surface area contributed by atoms with E-state index >= 15 is 0 Å². The van der Waals surface area contributed by atoms with Gasteiger partial charge in [-0.25, -0.2) is 0 Å². The molecule has 1 nitrogen and oxygen atoms in total. The lowest BCUT2D eigenvalue weighted by molar-refractivity contribution is 0.322. The molecule has 0 unspecified atom stereocenters. The Bertz CT molecular complexity index is 479. The molecule has 0 atom stereocenters. The van der Waals surface area contributed by atoms with Crippen molar-refractivity contribution in [3.05, 3.63) is 36.0 Å². The number of para-hydroxylation sites is 1. The predicted molar refractivity (Wildman–Crippen MR) is 75.3 cm³/mol. The molecule has 0 aliphatic heterocycles. The SMILES string of the molecule is CCCCC(C)(C)Cc1c[nH]c2ccccc12. The van der Waals surface area contributed by atoms with Crippen molar-refractivity contribution in [2.75, 3.05) is 0 Å². The summed E-state index contributed by atoms with van der Waals surface area (Å²) in [6, 6.07) is 8.58. The van der Waals surface area contributed by atoms with Gasteiger partial charge >= 0.3 is 0 Å². The van der Waals surface area contributed by atoms with Crippen LogP contribution in [0.15, 0.2) is 30.5 Å². The van der Waals surface area contributed by atoms with E-state index in [1.807, 2.05) is 0 Å². The van der Waals surface area contributed by atoms with Crippen LogP contribution in [-0.2, 0) is 6.42 Å². The molecule has 1 aromatic heterocycles. The summed E-state index contributed by atoms with van der Waals surface area (Å²) in [7, 11) is 0. The Morgan fingerprint density at radius 3 is 2.71 bits per heavy atom. The maximum absolute atomic E-state index is 3.37. The van der Waals surface area contributed by atoms with Crippen molar-refractivity contribution in [2.24, 2.45) is 5.41 Å². The largest absolute Gasteiger partial charge is 0.361 e. The van der Waals surface area contributed by atoms with Crippen LogP contribution in [0.2, 0.25) is 0 Å². The molecule has 0 spiro atoms. The summed E-state index contributed by atoms with van der Waals surface area (Å²) in [6.07, 6.45) is 7.27. The van der Waals surface area contributed by atoms with Crippen LogP contribution in [0.4, 0.5) is 0 Å². The normalized spacial score (nSPS) is 12.2. The van der Waals surface area contributed by atoms with Crippen LogP contribution < -0.4 is 0 Å². The van der Waals surface area contributed by atoms with Crippen LogP contribution in [0, 0.1) is 5.41 Å². The van der Waals surface area contributed by atoms with Gasteiger partial charge in [0.15, 0.2) is 0 Å². The fourth-order valence-corrected chi connectivity index (χ4v) is 2.54. The van der Waals surface area contributed by atoms with Crippen molar-refractivity contribution in [1.29, 1.82) is 0 Å². The quantitative estimate of drug-likeness (QED) is 0.748. The van der Waals surface area contributed by atoms with E-state index in [0.717, 1.165) is 6.42 Å². The molecule has 0 bridgehead atoms. The first-order valence-corrected chi connectivity index (χ1v) is 6.67. The number of unbranched alkanes of at least 4 members (excludes halogenated alkanes) is 1. The lowest BCUT2D eigenvalue weighted by Gasteiger charge is -2.24. The molecular formula is C16H23N. The average molecular weight is 229 g/mol. The highest BCUT2D eigenvalue weighted by Gasteiger charge is 2.19. The standard InChI is InChI=1S/C16H23N/c1-4-5-10-16(2,3)11-13-12-17-15-9-7-6-8-14(13)15/h6-9,12,17H,4-5,10-11H2,1-3H3. The third-order valence-corrected chi connectivity index (χ3v) is 3.55. The smallest absolute Gasteiger partial charge is 0.0456 e. The van der Waals surface area contributed by atoms with Crippen molar-refractivity contribution in [1.82, 2.24) is 4.98 Å². The number of fused-ring (bicyclic) bond motifs is 1. The maximum Gasteiger partial charge on any atom is 0.0456 e. The van der Waals surface area contributed by atoms with Gasteiger partial charge in [-0.2, -0.15) is 0 Å². The van der Waals surface area contributed by atoms with Crippen molar-refractivity contribution >= 4 is 10.9 Å². The van der Waals surface area contributed by atoms with Gasteiger partial charge in [-0.05, 0) is 29.9 Å². The Labute approximate surface area is 104 Å². The monoisotopic (exact) mass is 229 g/mol. The van der Waals surface area contributed by atoms with Gasteiger partial charge < -0.3 is 4.98 Å². The second-order valence-corrected chi connectivity index (χ2v) is 5.80. The van der Waals surface area contributed by atoms with E-state index in [-0.39, 0.29) is 0 Å². The minimum Gasteiger partial charge on any atom is -0.361 e. The Hall–Kier alpha value is -1.24. The number of nitrogens with one attached hydrogen (secondary N) is 1. The molecule has 0 fully saturated rings. The first-order chi connectivity index (χ1) is 8.12. The summed E-state index contributed by atoms with van der Waals surface area (Å²) in [5.41, 5.74) is 3.12. The number of rotatable bonds is 5. The van der Waals surface area contributed by atoms with Gasteiger partial charge in [0.2, 0.25) is 0 Å². The average Bonchev–Trinajstić information content (AvgIpc) is 2.70. The van der Waals surface area contributed by atoms with Crippen molar-refractivity contribution in [3.63, 3.8) is 0 Å². The van der Waals surface area contributed by atoms with Gasteiger partial charge in [0.05, 0.1) is 0 Å². The number of hydrogen-bond donors (Lipinski definition) is 1. The van der Waals surface area contributed by atoms with E-state index in [1.54, 1.807) is 0 Å². The Morgan fingerprint density at radius 1 is 1.18 bits per heavy atom. The minimum atomic E-state index is 0.404. The minimum absolute atomic E-state index is 0.404. The van der Waals surface area contributed by atoms with E-state index in [2.05, 4.69) is 56.2 Å². The van der Waals surface area contributed by atoms with Crippen molar-refractivity contribution in [3.8, 4) is 0 Å². The Morgan fingerprint density at radius 2 is 1.94 bits per heavy atom. The molecular weight excluding hydrogens is 206 g/mol. The first kappa shape index (κ1) is 12.2. The Kier molecular flexibility index (Phi) is 3.56. The fraction of sp³-hybridized carbons (Fsp3) is 0.500. The van der Waals surface area contributed by atoms with Crippen molar-refractivity contribution < 1.29 is 0 Å². The topological polar surface area (TPSA) is 15.8 Å². The van der Waals surface area contributed by atoms with Crippen LogP contribution >= 0.6 is 0 Å². The highest BCUT2D eigenvalue weighted by atomic mass is 14.7. The van der Waals surface area contributed by atoms with Gasteiger partial charge in [-0.1, -0.05) is 51.8 Å². The van der Waals surface area contributed by atoms with Gasteiger partial charge in [0.1, 0.15) is 0 Å². The van der Waals surface area contributed by atoms with E-state index in [4.69, 9.17) is 0 Å². The molecule has 17 heavy (non-hydrogen) atoms. The zero-order valence-electron chi connectivity index (χ0n) is 11.2. The van der Waals surface area contributed by atoms with Gasteiger partial charge in [-0.15, -0.1) is 0 Å². The van der Waals surface area contributed by atoms with E-state index in [0.29, 0.717) is 5.41 Å². The van der Waals surface area contributed by atoms with Crippen LogP contribution in [0.3, 0.4) is 0 Å². The summed E-state index contributed by atoms with van der Waals surface area (Å²) >= 11 is 0. The summed E-state index contributed by atoms with van der Waals surface area (Å²) in [6.45, 7) is 7.02. The highest BCUT2D eigenvalue weighted by molar-refractivity contribution is 5.83. The third-order valence-electron chi connectivity index (χ3n) is 3.55. The fourth-order valence-electron chi connectivity index (χ4n) is 2.54. The molecule has 2 rings (SSSR count).